The first-order valence-electron chi connectivity index (χ1n) is 10.4. The molecule has 0 radical (unpaired) electrons. The van der Waals surface area contributed by atoms with E-state index in [1.54, 1.807) is 0 Å². The average Bonchev–Trinajstić information content (AvgIpc) is 2.78. The third kappa shape index (κ3) is 2.60. The highest BCUT2D eigenvalue weighted by Gasteiger charge is 2.41. The minimum Gasteiger partial charge on any atom is -0.470 e. The van der Waals surface area contributed by atoms with E-state index >= 15 is 0 Å². The summed E-state index contributed by atoms with van der Waals surface area (Å²) in [7, 11) is 0. The molecule has 29 heavy (non-hydrogen) atoms. The Bertz CT molecular complexity index is 1210. The van der Waals surface area contributed by atoms with Gasteiger partial charge in [0, 0.05) is 17.7 Å². The van der Waals surface area contributed by atoms with Gasteiger partial charge in [0.2, 0.25) is 0 Å². The minimum absolute atomic E-state index is 0.0417. The van der Waals surface area contributed by atoms with Crippen molar-refractivity contribution in [1.82, 2.24) is 4.90 Å². The highest BCUT2D eigenvalue weighted by atomic mass is 16.5. The molecule has 0 spiro atoms. The average molecular weight is 377 g/mol. The number of hydrogen-bond acceptors (Lipinski definition) is 2. The number of rotatable bonds is 1. The number of nitrogens with zero attached hydrogens (tertiary/aromatic N) is 1. The number of hydrogen-bond donors (Lipinski definition) is 0. The largest absolute Gasteiger partial charge is 0.470 e. The van der Waals surface area contributed by atoms with Crippen LogP contribution in [0.2, 0.25) is 0 Å². The van der Waals surface area contributed by atoms with Gasteiger partial charge >= 0.3 is 0 Å². The molecule has 0 fully saturated rings. The molecule has 0 N–H and O–H groups in total. The summed E-state index contributed by atoms with van der Waals surface area (Å²) in [5.74, 6) is 1.01. The minimum atomic E-state index is -0.0417. The van der Waals surface area contributed by atoms with Gasteiger partial charge in [-0.3, -0.25) is 4.90 Å². The van der Waals surface area contributed by atoms with Crippen molar-refractivity contribution >= 4 is 10.8 Å². The third-order valence-electron chi connectivity index (χ3n) is 6.43. The summed E-state index contributed by atoms with van der Waals surface area (Å²) in [5.41, 5.74) is 6.62. The summed E-state index contributed by atoms with van der Waals surface area (Å²) >= 11 is 0. The lowest BCUT2D eigenvalue weighted by atomic mass is 9.86. The summed E-state index contributed by atoms with van der Waals surface area (Å²) in [6.45, 7) is 3.14. The zero-order chi connectivity index (χ0) is 19.4. The normalized spacial score (nSPS) is 20.4. The molecule has 142 valence electrons. The molecule has 0 bridgehead atoms. The van der Waals surface area contributed by atoms with E-state index in [1.807, 2.05) is 0 Å². The lowest BCUT2D eigenvalue weighted by Crippen LogP contribution is -2.44. The Kier molecular flexibility index (Phi) is 3.75. The maximum atomic E-state index is 6.67. The molecule has 2 aliphatic heterocycles. The van der Waals surface area contributed by atoms with Gasteiger partial charge in [0.15, 0.2) is 6.23 Å². The van der Waals surface area contributed by atoms with E-state index in [9.17, 15) is 0 Å². The summed E-state index contributed by atoms with van der Waals surface area (Å²) in [6, 6.07) is 31.0. The summed E-state index contributed by atoms with van der Waals surface area (Å²) in [5, 5.41) is 2.55. The smallest absolute Gasteiger partial charge is 0.180 e. The molecule has 2 nitrogen and oxygen atoms in total. The zero-order valence-corrected chi connectivity index (χ0v) is 16.5. The topological polar surface area (TPSA) is 12.5 Å². The molecule has 4 aromatic rings. The Labute approximate surface area is 171 Å². The van der Waals surface area contributed by atoms with Gasteiger partial charge in [-0.2, -0.15) is 0 Å². The number of benzene rings is 4. The molecule has 0 unspecified atom stereocenters. The van der Waals surface area contributed by atoms with Crippen LogP contribution >= 0.6 is 0 Å². The van der Waals surface area contributed by atoms with Gasteiger partial charge in [-0.25, -0.2) is 0 Å². The molecular formula is C27H23NO. The third-order valence-corrected chi connectivity index (χ3v) is 6.43. The fraction of sp³-hybridized carbons (Fsp3) is 0.185. The molecule has 4 aromatic carbocycles. The van der Waals surface area contributed by atoms with Gasteiger partial charge in [0.25, 0.3) is 0 Å². The Balaban J connectivity index is 1.61. The molecule has 2 heterocycles. The molecule has 2 aliphatic rings. The predicted molar refractivity (Wildman–Crippen MR) is 117 cm³/mol. The second kappa shape index (κ2) is 6.47. The lowest BCUT2D eigenvalue weighted by Gasteiger charge is -2.46. The molecule has 2 atom stereocenters. The van der Waals surface area contributed by atoms with Crippen LogP contribution in [0.4, 0.5) is 0 Å². The number of aryl methyl sites for hydroxylation is 1. The first kappa shape index (κ1) is 16.8. The van der Waals surface area contributed by atoms with E-state index in [0.717, 1.165) is 18.7 Å². The van der Waals surface area contributed by atoms with Crippen LogP contribution in [-0.4, -0.2) is 11.4 Å². The van der Waals surface area contributed by atoms with E-state index in [4.69, 9.17) is 4.74 Å². The summed E-state index contributed by atoms with van der Waals surface area (Å²) in [4.78, 5) is 2.54. The van der Waals surface area contributed by atoms with Crippen LogP contribution in [0.25, 0.3) is 10.8 Å². The lowest BCUT2D eigenvalue weighted by molar-refractivity contribution is -0.0260. The monoisotopic (exact) mass is 377 g/mol. The van der Waals surface area contributed by atoms with E-state index < -0.39 is 0 Å². The zero-order valence-electron chi connectivity index (χ0n) is 16.5. The molecule has 0 amide bonds. The summed E-state index contributed by atoms with van der Waals surface area (Å²) < 4.78 is 6.67. The van der Waals surface area contributed by atoms with Crippen LogP contribution in [0.5, 0.6) is 5.75 Å². The Hall–Kier alpha value is -3.10. The molecule has 0 aliphatic carbocycles. The van der Waals surface area contributed by atoms with Crippen molar-refractivity contribution in [2.45, 2.75) is 25.6 Å². The van der Waals surface area contributed by atoms with Crippen LogP contribution in [0.1, 0.15) is 40.1 Å². The molecule has 0 saturated heterocycles. The van der Waals surface area contributed by atoms with Crippen LogP contribution < -0.4 is 4.74 Å². The maximum Gasteiger partial charge on any atom is 0.180 e. The highest BCUT2D eigenvalue weighted by molar-refractivity contribution is 5.89. The maximum absolute atomic E-state index is 6.67. The second-order valence-corrected chi connectivity index (χ2v) is 8.17. The SMILES string of the molecule is Cc1ccc([C@@H]2c3c(ccc4ccccc34)O[C@H]3c4ccccc4CCN23)cc1. The van der Waals surface area contributed by atoms with Crippen molar-refractivity contribution in [1.29, 1.82) is 0 Å². The first-order chi connectivity index (χ1) is 14.3. The van der Waals surface area contributed by atoms with Gasteiger partial charge in [-0.05, 0) is 41.3 Å². The standard InChI is InChI=1S/C27H23NO/c1-18-10-12-21(13-11-18)26-25-22-8-4-2-6-19(22)14-15-24(25)29-27-23-9-5-3-7-20(23)16-17-28(26)27/h2-15,26-27H,16-17H2,1H3/t26-,27+/m1/s1. The van der Waals surface area contributed by atoms with Crippen molar-refractivity contribution in [2.75, 3.05) is 6.54 Å². The molecule has 6 rings (SSSR count). The van der Waals surface area contributed by atoms with E-state index in [-0.39, 0.29) is 12.3 Å². The van der Waals surface area contributed by atoms with Gasteiger partial charge in [0.05, 0.1) is 6.04 Å². The number of fused-ring (bicyclic) bond motifs is 6. The van der Waals surface area contributed by atoms with Gasteiger partial charge < -0.3 is 4.74 Å². The predicted octanol–water partition coefficient (Wildman–Crippen LogP) is 6.19. The second-order valence-electron chi connectivity index (χ2n) is 8.17. The van der Waals surface area contributed by atoms with Crippen molar-refractivity contribution in [3.63, 3.8) is 0 Å². The van der Waals surface area contributed by atoms with Crippen molar-refractivity contribution < 1.29 is 4.74 Å². The molecule has 2 heteroatoms. The highest BCUT2D eigenvalue weighted by Crippen LogP contribution is 2.49. The Morgan fingerprint density at radius 3 is 2.52 bits per heavy atom. The van der Waals surface area contributed by atoms with Gasteiger partial charge in [-0.1, -0.05) is 84.4 Å². The van der Waals surface area contributed by atoms with E-state index in [0.29, 0.717) is 0 Å². The van der Waals surface area contributed by atoms with Crippen molar-refractivity contribution in [3.05, 3.63) is 113 Å². The molecule has 0 saturated carbocycles. The Morgan fingerprint density at radius 1 is 0.828 bits per heavy atom. The van der Waals surface area contributed by atoms with Crippen molar-refractivity contribution in [2.24, 2.45) is 0 Å². The van der Waals surface area contributed by atoms with Crippen LogP contribution in [-0.2, 0) is 6.42 Å². The number of ether oxygens (including phenoxy) is 1. The van der Waals surface area contributed by atoms with E-state index in [1.165, 1.54) is 38.6 Å². The van der Waals surface area contributed by atoms with Gasteiger partial charge in [-0.15, -0.1) is 0 Å². The van der Waals surface area contributed by atoms with Crippen LogP contribution in [0.15, 0.2) is 84.9 Å². The molecular weight excluding hydrogens is 354 g/mol. The fourth-order valence-electron chi connectivity index (χ4n) is 5.00. The Morgan fingerprint density at radius 2 is 1.62 bits per heavy atom. The quantitative estimate of drug-likeness (QED) is 0.392. The first-order valence-corrected chi connectivity index (χ1v) is 10.4. The van der Waals surface area contributed by atoms with Crippen LogP contribution in [0, 0.1) is 6.92 Å². The molecule has 0 aromatic heterocycles. The van der Waals surface area contributed by atoms with Crippen molar-refractivity contribution in [3.8, 4) is 5.75 Å². The fourth-order valence-corrected chi connectivity index (χ4v) is 5.00. The van der Waals surface area contributed by atoms with Gasteiger partial charge in [0.1, 0.15) is 5.75 Å². The summed E-state index contributed by atoms with van der Waals surface area (Å²) in [6.07, 6.45) is 1.01. The van der Waals surface area contributed by atoms with Crippen LogP contribution in [0.3, 0.4) is 0 Å². The van der Waals surface area contributed by atoms with E-state index in [2.05, 4.69) is 96.8 Å².